The van der Waals surface area contributed by atoms with E-state index in [1.54, 1.807) is 12.1 Å². The van der Waals surface area contributed by atoms with Crippen LogP contribution in [0.2, 0.25) is 5.02 Å². The maximum atomic E-state index is 14.0. The number of ether oxygens (including phenoxy) is 1. The molecular formula is C24H30ClFN2O2. The van der Waals surface area contributed by atoms with Crippen molar-refractivity contribution in [2.75, 3.05) is 26.2 Å². The highest BCUT2D eigenvalue weighted by molar-refractivity contribution is 6.30. The molecule has 1 fully saturated rings. The molecule has 1 heterocycles. The van der Waals surface area contributed by atoms with E-state index in [1.807, 2.05) is 19.1 Å². The molecule has 30 heavy (non-hydrogen) atoms. The average molecular weight is 433 g/mol. The van der Waals surface area contributed by atoms with E-state index in [0.717, 1.165) is 44.5 Å². The SMILES string of the molecule is CCOc1ccc(CCCNC(=O)C2CCN(Cc3ccc(Cl)cc3F)CC2)cc1. The van der Waals surface area contributed by atoms with Crippen LogP contribution in [0.15, 0.2) is 42.5 Å². The first-order valence-electron chi connectivity index (χ1n) is 10.7. The third kappa shape index (κ3) is 6.71. The maximum Gasteiger partial charge on any atom is 0.223 e. The molecule has 0 saturated carbocycles. The standard InChI is InChI=1S/C24H30ClFN2O2/c1-2-30-22-9-5-18(6-10-22)4-3-13-27-24(29)19-11-14-28(15-12-19)17-20-7-8-21(25)16-23(20)26/h5-10,16,19H,2-4,11-15,17H2,1H3,(H,27,29). The molecule has 0 aliphatic carbocycles. The zero-order valence-corrected chi connectivity index (χ0v) is 18.3. The smallest absolute Gasteiger partial charge is 0.223 e. The molecule has 1 aliphatic rings. The molecule has 3 rings (SSSR count). The number of nitrogens with one attached hydrogen (secondary N) is 1. The minimum atomic E-state index is -0.269. The van der Waals surface area contributed by atoms with E-state index in [-0.39, 0.29) is 17.6 Å². The zero-order chi connectivity index (χ0) is 21.3. The summed E-state index contributed by atoms with van der Waals surface area (Å²) >= 11 is 5.82. The lowest BCUT2D eigenvalue weighted by Gasteiger charge is -2.31. The number of halogens is 2. The lowest BCUT2D eigenvalue weighted by molar-refractivity contribution is -0.126. The van der Waals surface area contributed by atoms with Crippen molar-refractivity contribution < 1.29 is 13.9 Å². The normalized spacial score (nSPS) is 15.2. The summed E-state index contributed by atoms with van der Waals surface area (Å²) in [4.78, 5) is 14.7. The second kappa shape index (κ2) is 11.3. The van der Waals surface area contributed by atoms with Crippen LogP contribution in [0, 0.1) is 11.7 Å². The van der Waals surface area contributed by atoms with Gasteiger partial charge in [0, 0.05) is 29.6 Å². The number of carbonyl (C=O) groups excluding carboxylic acids is 1. The molecule has 2 aromatic carbocycles. The molecular weight excluding hydrogens is 403 g/mol. The number of carbonyl (C=O) groups is 1. The molecule has 4 nitrogen and oxygen atoms in total. The van der Waals surface area contributed by atoms with Crippen LogP contribution in [0.25, 0.3) is 0 Å². The molecule has 1 saturated heterocycles. The molecule has 6 heteroatoms. The van der Waals surface area contributed by atoms with Gasteiger partial charge >= 0.3 is 0 Å². The van der Waals surface area contributed by atoms with Crippen LogP contribution in [-0.4, -0.2) is 37.0 Å². The second-order valence-electron chi connectivity index (χ2n) is 7.76. The quantitative estimate of drug-likeness (QED) is 0.576. The zero-order valence-electron chi connectivity index (χ0n) is 17.5. The summed E-state index contributed by atoms with van der Waals surface area (Å²) in [6.07, 6.45) is 3.45. The number of nitrogens with zero attached hydrogens (tertiary/aromatic N) is 1. The van der Waals surface area contributed by atoms with E-state index in [4.69, 9.17) is 16.3 Å². The van der Waals surface area contributed by atoms with Crippen LogP contribution in [0.3, 0.4) is 0 Å². The number of amides is 1. The van der Waals surface area contributed by atoms with Crippen LogP contribution < -0.4 is 10.1 Å². The first-order valence-corrected chi connectivity index (χ1v) is 11.1. The summed E-state index contributed by atoms with van der Waals surface area (Å²) < 4.78 is 19.4. The Morgan fingerprint density at radius 2 is 1.93 bits per heavy atom. The molecule has 1 amide bonds. The van der Waals surface area contributed by atoms with Crippen molar-refractivity contribution in [1.82, 2.24) is 10.2 Å². The van der Waals surface area contributed by atoms with Crippen LogP contribution in [0.5, 0.6) is 5.75 Å². The van der Waals surface area contributed by atoms with Crippen molar-refractivity contribution in [3.05, 3.63) is 64.4 Å². The van der Waals surface area contributed by atoms with Gasteiger partial charge in [0.1, 0.15) is 11.6 Å². The lowest BCUT2D eigenvalue weighted by atomic mass is 9.95. The Morgan fingerprint density at radius 3 is 2.60 bits per heavy atom. The minimum absolute atomic E-state index is 0.0433. The topological polar surface area (TPSA) is 41.6 Å². The molecule has 0 bridgehead atoms. The molecule has 2 aromatic rings. The van der Waals surface area contributed by atoms with Gasteiger partial charge in [-0.1, -0.05) is 29.8 Å². The third-order valence-corrected chi connectivity index (χ3v) is 5.78. The number of benzene rings is 2. The molecule has 0 aromatic heterocycles. The number of hydrogen-bond acceptors (Lipinski definition) is 3. The predicted molar refractivity (Wildman–Crippen MR) is 118 cm³/mol. The van der Waals surface area contributed by atoms with Crippen molar-refractivity contribution in [2.45, 2.75) is 39.2 Å². The van der Waals surface area contributed by atoms with E-state index < -0.39 is 0 Å². The number of piperidine rings is 1. The fourth-order valence-electron chi connectivity index (χ4n) is 3.81. The Morgan fingerprint density at radius 1 is 1.20 bits per heavy atom. The molecule has 0 spiro atoms. The molecule has 1 aliphatic heterocycles. The van der Waals surface area contributed by atoms with Gasteiger partial charge in [-0.2, -0.15) is 0 Å². The van der Waals surface area contributed by atoms with E-state index in [1.165, 1.54) is 11.6 Å². The van der Waals surface area contributed by atoms with Crippen molar-refractivity contribution in [3.63, 3.8) is 0 Å². The second-order valence-corrected chi connectivity index (χ2v) is 8.19. The van der Waals surface area contributed by atoms with Crippen LogP contribution in [0.1, 0.15) is 37.3 Å². The Labute approximate surface area is 183 Å². The highest BCUT2D eigenvalue weighted by Crippen LogP contribution is 2.22. The van der Waals surface area contributed by atoms with Crippen LogP contribution in [-0.2, 0) is 17.8 Å². The summed E-state index contributed by atoms with van der Waals surface area (Å²) in [5.74, 6) is 0.801. The summed E-state index contributed by atoms with van der Waals surface area (Å²) in [6, 6.07) is 12.9. The maximum absolute atomic E-state index is 14.0. The number of hydrogen-bond donors (Lipinski definition) is 1. The fraction of sp³-hybridized carbons (Fsp3) is 0.458. The van der Waals surface area contributed by atoms with Gasteiger partial charge in [0.2, 0.25) is 5.91 Å². The molecule has 0 atom stereocenters. The number of aryl methyl sites for hydroxylation is 1. The van der Waals surface area contributed by atoms with E-state index in [9.17, 15) is 9.18 Å². The fourth-order valence-corrected chi connectivity index (χ4v) is 3.97. The Bertz CT molecular complexity index is 820. The molecule has 1 N–H and O–H groups in total. The van der Waals surface area contributed by atoms with E-state index in [0.29, 0.717) is 30.3 Å². The predicted octanol–water partition coefficient (Wildman–Crippen LogP) is 4.84. The van der Waals surface area contributed by atoms with Gasteiger partial charge < -0.3 is 10.1 Å². The molecule has 162 valence electrons. The monoisotopic (exact) mass is 432 g/mol. The van der Waals surface area contributed by atoms with Gasteiger partial charge in [-0.05, 0) is 75.5 Å². The van der Waals surface area contributed by atoms with Gasteiger partial charge in [-0.3, -0.25) is 9.69 Å². The summed E-state index contributed by atoms with van der Waals surface area (Å²) in [5, 5.41) is 3.49. The third-order valence-electron chi connectivity index (χ3n) is 5.54. The lowest BCUT2D eigenvalue weighted by Crippen LogP contribution is -2.40. The summed E-state index contributed by atoms with van der Waals surface area (Å²) in [7, 11) is 0. The summed E-state index contributed by atoms with van der Waals surface area (Å²) in [5.41, 5.74) is 1.90. The van der Waals surface area contributed by atoms with E-state index >= 15 is 0 Å². The first-order chi connectivity index (χ1) is 14.5. The number of rotatable bonds is 9. The van der Waals surface area contributed by atoms with Gasteiger partial charge in [0.05, 0.1) is 6.61 Å². The Kier molecular flexibility index (Phi) is 8.52. The van der Waals surface area contributed by atoms with Gasteiger partial charge in [-0.25, -0.2) is 4.39 Å². The Hall–Kier alpha value is -2.11. The molecule has 0 unspecified atom stereocenters. The van der Waals surface area contributed by atoms with E-state index in [2.05, 4.69) is 22.3 Å². The number of likely N-dealkylation sites (tertiary alicyclic amines) is 1. The highest BCUT2D eigenvalue weighted by Gasteiger charge is 2.25. The largest absolute Gasteiger partial charge is 0.494 e. The van der Waals surface area contributed by atoms with Gasteiger partial charge in [-0.15, -0.1) is 0 Å². The van der Waals surface area contributed by atoms with Crippen molar-refractivity contribution >= 4 is 17.5 Å². The van der Waals surface area contributed by atoms with Crippen molar-refractivity contribution in [1.29, 1.82) is 0 Å². The first kappa shape index (κ1) is 22.6. The Balaban J connectivity index is 1.34. The van der Waals surface area contributed by atoms with Crippen molar-refractivity contribution in [2.24, 2.45) is 5.92 Å². The minimum Gasteiger partial charge on any atom is -0.494 e. The summed E-state index contributed by atoms with van der Waals surface area (Å²) in [6.45, 7) is 5.47. The van der Waals surface area contributed by atoms with Crippen LogP contribution in [0.4, 0.5) is 4.39 Å². The highest BCUT2D eigenvalue weighted by atomic mass is 35.5. The van der Waals surface area contributed by atoms with Crippen molar-refractivity contribution in [3.8, 4) is 5.75 Å². The average Bonchev–Trinajstić information content (AvgIpc) is 2.75. The van der Waals surface area contributed by atoms with Gasteiger partial charge in [0.25, 0.3) is 0 Å². The van der Waals surface area contributed by atoms with Gasteiger partial charge in [0.15, 0.2) is 0 Å². The van der Waals surface area contributed by atoms with Crippen LogP contribution >= 0.6 is 11.6 Å². The molecule has 0 radical (unpaired) electrons.